The molecule has 0 bridgehead atoms. The fourth-order valence-electron chi connectivity index (χ4n) is 2.04. The molecule has 110 valence electrons. The zero-order valence-electron chi connectivity index (χ0n) is 12.1. The number of anilines is 1. The van der Waals surface area contributed by atoms with Crippen molar-refractivity contribution in [2.75, 3.05) is 11.9 Å². The molecule has 0 radical (unpaired) electrons. The molecular formula is C14H17N5O2. The summed E-state index contributed by atoms with van der Waals surface area (Å²) in [5.74, 6) is -0.174. The number of benzene rings is 1. The number of aromatic nitrogens is 2. The lowest BCUT2D eigenvalue weighted by atomic mass is 10.1. The Kier molecular flexibility index (Phi) is 3.93. The van der Waals surface area contributed by atoms with Gasteiger partial charge in [-0.3, -0.25) is 9.48 Å². The SMILES string of the molecule is Cc1nn(C)cc1C(=O)N(C)c1cccc(/C(N)=N/O)c1. The van der Waals surface area contributed by atoms with Gasteiger partial charge in [0.05, 0.1) is 11.3 Å². The van der Waals surface area contributed by atoms with Crippen LogP contribution in [0.5, 0.6) is 0 Å². The highest BCUT2D eigenvalue weighted by Gasteiger charge is 2.18. The number of amidine groups is 1. The van der Waals surface area contributed by atoms with E-state index < -0.39 is 0 Å². The van der Waals surface area contributed by atoms with Gasteiger partial charge in [-0.05, 0) is 19.1 Å². The second-order valence-electron chi connectivity index (χ2n) is 4.70. The van der Waals surface area contributed by atoms with Crippen LogP contribution in [0.15, 0.2) is 35.6 Å². The third-order valence-electron chi connectivity index (χ3n) is 3.19. The van der Waals surface area contributed by atoms with E-state index in [0.29, 0.717) is 22.5 Å². The van der Waals surface area contributed by atoms with Crippen molar-refractivity contribution >= 4 is 17.4 Å². The highest BCUT2D eigenvalue weighted by molar-refractivity contribution is 6.07. The standard InChI is InChI=1S/C14H17N5O2/c1-9-12(8-18(2)16-9)14(20)19(3)11-6-4-5-10(7-11)13(15)17-21/h4-8,21H,1-3H3,(H2,15,17). The highest BCUT2D eigenvalue weighted by Crippen LogP contribution is 2.18. The fourth-order valence-corrected chi connectivity index (χ4v) is 2.04. The summed E-state index contributed by atoms with van der Waals surface area (Å²) in [6.07, 6.45) is 1.68. The lowest BCUT2D eigenvalue weighted by Gasteiger charge is -2.17. The Morgan fingerprint density at radius 2 is 2.19 bits per heavy atom. The molecule has 21 heavy (non-hydrogen) atoms. The molecule has 0 aliphatic rings. The molecule has 7 heteroatoms. The molecule has 1 heterocycles. The quantitative estimate of drug-likeness (QED) is 0.382. The molecule has 0 saturated heterocycles. The second kappa shape index (κ2) is 5.66. The maximum atomic E-state index is 12.5. The normalized spacial score (nSPS) is 11.5. The third kappa shape index (κ3) is 2.86. The van der Waals surface area contributed by atoms with Crippen molar-refractivity contribution in [1.29, 1.82) is 0 Å². The molecule has 7 nitrogen and oxygen atoms in total. The number of hydrogen-bond acceptors (Lipinski definition) is 4. The summed E-state index contributed by atoms with van der Waals surface area (Å²) in [7, 11) is 3.43. The Bertz CT molecular complexity index is 705. The third-order valence-corrected chi connectivity index (χ3v) is 3.19. The van der Waals surface area contributed by atoms with Crippen molar-refractivity contribution < 1.29 is 10.0 Å². The van der Waals surface area contributed by atoms with Crippen molar-refractivity contribution in [3.63, 3.8) is 0 Å². The Morgan fingerprint density at radius 1 is 1.48 bits per heavy atom. The van der Waals surface area contributed by atoms with E-state index in [2.05, 4.69) is 10.3 Å². The summed E-state index contributed by atoms with van der Waals surface area (Å²) in [5, 5.41) is 15.8. The summed E-state index contributed by atoms with van der Waals surface area (Å²) in [4.78, 5) is 14.0. The van der Waals surface area contributed by atoms with E-state index in [4.69, 9.17) is 10.9 Å². The first-order chi connectivity index (χ1) is 9.93. The lowest BCUT2D eigenvalue weighted by Crippen LogP contribution is -2.27. The van der Waals surface area contributed by atoms with Crippen LogP contribution in [0.4, 0.5) is 5.69 Å². The van der Waals surface area contributed by atoms with E-state index in [0.717, 1.165) is 0 Å². The van der Waals surface area contributed by atoms with Crippen LogP contribution in [0.1, 0.15) is 21.6 Å². The Labute approximate surface area is 122 Å². The van der Waals surface area contributed by atoms with Crippen LogP contribution in [0.3, 0.4) is 0 Å². The van der Waals surface area contributed by atoms with Crippen molar-refractivity contribution in [1.82, 2.24) is 9.78 Å². The fraction of sp³-hybridized carbons (Fsp3) is 0.214. The van der Waals surface area contributed by atoms with Crippen molar-refractivity contribution in [3.8, 4) is 0 Å². The number of oxime groups is 1. The van der Waals surface area contributed by atoms with Crippen molar-refractivity contribution in [3.05, 3.63) is 47.3 Å². The van der Waals surface area contributed by atoms with Crippen LogP contribution in [0, 0.1) is 6.92 Å². The van der Waals surface area contributed by atoms with Gasteiger partial charge >= 0.3 is 0 Å². The van der Waals surface area contributed by atoms with Gasteiger partial charge in [-0.2, -0.15) is 5.10 Å². The molecule has 0 spiro atoms. The average molecular weight is 287 g/mol. The smallest absolute Gasteiger partial charge is 0.261 e. The van der Waals surface area contributed by atoms with Crippen LogP contribution < -0.4 is 10.6 Å². The molecule has 0 aliphatic carbocycles. The molecular weight excluding hydrogens is 270 g/mol. The number of amides is 1. The maximum Gasteiger partial charge on any atom is 0.261 e. The molecule has 3 N–H and O–H groups in total. The topological polar surface area (TPSA) is 96.7 Å². The van der Waals surface area contributed by atoms with Crippen LogP contribution in [-0.4, -0.2) is 33.8 Å². The number of nitrogens with zero attached hydrogens (tertiary/aromatic N) is 4. The van der Waals surface area contributed by atoms with Gasteiger partial charge in [0, 0.05) is 31.5 Å². The summed E-state index contributed by atoms with van der Waals surface area (Å²) < 4.78 is 1.60. The molecule has 0 saturated carbocycles. The molecule has 0 unspecified atom stereocenters. The molecule has 1 aromatic carbocycles. The first-order valence-corrected chi connectivity index (χ1v) is 6.30. The van der Waals surface area contributed by atoms with E-state index in [1.54, 1.807) is 56.2 Å². The van der Waals surface area contributed by atoms with Crippen LogP contribution >= 0.6 is 0 Å². The minimum Gasteiger partial charge on any atom is -0.409 e. The van der Waals surface area contributed by atoms with E-state index in [1.807, 2.05) is 0 Å². The molecule has 0 fully saturated rings. The van der Waals surface area contributed by atoms with Gasteiger partial charge in [-0.15, -0.1) is 0 Å². The van der Waals surface area contributed by atoms with Crippen molar-refractivity contribution in [2.45, 2.75) is 6.92 Å². The Hall–Kier alpha value is -2.83. The first-order valence-electron chi connectivity index (χ1n) is 6.30. The first kappa shape index (κ1) is 14.6. The molecule has 1 amide bonds. The summed E-state index contributed by atoms with van der Waals surface area (Å²) in [6.45, 7) is 1.79. The van der Waals surface area contributed by atoms with E-state index in [1.165, 1.54) is 4.90 Å². The molecule has 2 aromatic rings. The molecule has 1 aromatic heterocycles. The average Bonchev–Trinajstić information content (AvgIpc) is 2.83. The number of carbonyl (C=O) groups is 1. The largest absolute Gasteiger partial charge is 0.409 e. The summed E-state index contributed by atoms with van der Waals surface area (Å²) in [5.41, 5.74) is 7.95. The van der Waals surface area contributed by atoms with E-state index in [-0.39, 0.29) is 11.7 Å². The second-order valence-corrected chi connectivity index (χ2v) is 4.70. The number of rotatable bonds is 3. The minimum absolute atomic E-state index is 0.00439. The van der Waals surface area contributed by atoms with Gasteiger partial charge in [0.25, 0.3) is 5.91 Å². The van der Waals surface area contributed by atoms with Crippen molar-refractivity contribution in [2.24, 2.45) is 17.9 Å². The van der Waals surface area contributed by atoms with Gasteiger partial charge in [0.2, 0.25) is 0 Å². The Morgan fingerprint density at radius 3 is 2.76 bits per heavy atom. The maximum absolute atomic E-state index is 12.5. The number of aryl methyl sites for hydroxylation is 2. The number of nitrogens with two attached hydrogens (primary N) is 1. The predicted octanol–water partition coefficient (Wildman–Crippen LogP) is 1.10. The molecule has 0 aliphatic heterocycles. The zero-order chi connectivity index (χ0) is 15.6. The van der Waals surface area contributed by atoms with Gasteiger partial charge in [0.15, 0.2) is 5.84 Å². The summed E-state index contributed by atoms with van der Waals surface area (Å²) >= 11 is 0. The van der Waals surface area contributed by atoms with Crippen LogP contribution in [0.2, 0.25) is 0 Å². The monoisotopic (exact) mass is 287 g/mol. The highest BCUT2D eigenvalue weighted by atomic mass is 16.4. The van der Waals surface area contributed by atoms with Gasteiger partial charge in [-0.25, -0.2) is 0 Å². The number of hydrogen-bond donors (Lipinski definition) is 2. The lowest BCUT2D eigenvalue weighted by molar-refractivity contribution is 0.0992. The van der Waals surface area contributed by atoms with Gasteiger partial charge in [0.1, 0.15) is 0 Å². The zero-order valence-corrected chi connectivity index (χ0v) is 12.1. The van der Waals surface area contributed by atoms with E-state index >= 15 is 0 Å². The van der Waals surface area contributed by atoms with Crippen LogP contribution in [-0.2, 0) is 7.05 Å². The van der Waals surface area contributed by atoms with Gasteiger partial charge < -0.3 is 15.8 Å². The number of carbonyl (C=O) groups excluding carboxylic acids is 1. The van der Waals surface area contributed by atoms with E-state index in [9.17, 15) is 4.79 Å². The Balaban J connectivity index is 2.34. The predicted molar refractivity (Wildman–Crippen MR) is 79.6 cm³/mol. The molecule has 2 rings (SSSR count). The summed E-state index contributed by atoms with van der Waals surface area (Å²) in [6, 6.07) is 6.89. The van der Waals surface area contributed by atoms with Crippen LogP contribution in [0.25, 0.3) is 0 Å². The molecule has 0 atom stereocenters. The minimum atomic E-state index is -0.169. The van der Waals surface area contributed by atoms with Gasteiger partial charge in [-0.1, -0.05) is 17.3 Å².